The monoisotopic (exact) mass is 447 g/mol. The number of hydrogen-bond acceptors (Lipinski definition) is 4. The zero-order valence-corrected chi connectivity index (χ0v) is 17.8. The van der Waals surface area contributed by atoms with Gasteiger partial charge in [0.2, 0.25) is 15.9 Å². The topological polar surface area (TPSA) is 69.7 Å². The van der Waals surface area contributed by atoms with Gasteiger partial charge in [-0.15, -0.1) is 0 Å². The van der Waals surface area contributed by atoms with Gasteiger partial charge in [0, 0.05) is 38.6 Å². The van der Waals surface area contributed by atoms with Crippen LogP contribution in [0.25, 0.3) is 0 Å². The summed E-state index contributed by atoms with van der Waals surface area (Å²) in [4.78, 5) is 16.6. The Hall–Kier alpha value is -1.65. The second-order valence-electron chi connectivity index (χ2n) is 8.22. The fourth-order valence-corrected chi connectivity index (χ4v) is 5.15. The van der Waals surface area contributed by atoms with Gasteiger partial charge in [0.25, 0.3) is 0 Å². The highest BCUT2D eigenvalue weighted by atomic mass is 32.2. The number of piperazine rings is 1. The molecule has 1 saturated heterocycles. The van der Waals surface area contributed by atoms with E-state index in [2.05, 4.69) is 9.62 Å². The van der Waals surface area contributed by atoms with E-state index in [1.54, 1.807) is 0 Å². The van der Waals surface area contributed by atoms with Crippen LogP contribution in [0.1, 0.15) is 31.2 Å². The lowest BCUT2D eigenvalue weighted by atomic mass is 9.81. The Balaban J connectivity index is 1.47. The number of amides is 1. The highest BCUT2D eigenvalue weighted by Gasteiger charge is 2.32. The van der Waals surface area contributed by atoms with Crippen LogP contribution in [-0.2, 0) is 21.0 Å². The molecule has 0 atom stereocenters. The number of carbonyl (C=O) groups is 1. The SMILES string of the molecule is CN1CCN(C(=O)C2CCC(CNS(=O)(=O)c3ccc(C(F)(F)F)cc3)CC2)CC1. The first kappa shape index (κ1) is 23.0. The number of nitrogens with zero attached hydrogens (tertiary/aromatic N) is 2. The van der Waals surface area contributed by atoms with Gasteiger partial charge in [0.05, 0.1) is 10.5 Å². The Bertz CT molecular complexity index is 827. The molecule has 1 aliphatic carbocycles. The Kier molecular flexibility index (Phi) is 7.09. The van der Waals surface area contributed by atoms with Crippen molar-refractivity contribution in [3.05, 3.63) is 29.8 Å². The molecule has 1 heterocycles. The fourth-order valence-electron chi connectivity index (χ4n) is 4.03. The molecule has 0 radical (unpaired) electrons. The zero-order valence-electron chi connectivity index (χ0n) is 17.0. The van der Waals surface area contributed by atoms with E-state index in [0.717, 1.165) is 76.1 Å². The number of benzene rings is 1. The molecule has 1 aliphatic heterocycles. The second-order valence-corrected chi connectivity index (χ2v) is 9.99. The summed E-state index contributed by atoms with van der Waals surface area (Å²) in [6, 6.07) is 3.47. The van der Waals surface area contributed by atoms with Crippen molar-refractivity contribution in [2.24, 2.45) is 11.8 Å². The minimum Gasteiger partial charge on any atom is -0.340 e. The molecule has 2 aliphatic rings. The van der Waals surface area contributed by atoms with E-state index in [4.69, 9.17) is 0 Å². The molecule has 3 rings (SSSR count). The summed E-state index contributed by atoms with van der Waals surface area (Å²) < 4.78 is 65.2. The molecule has 168 valence electrons. The summed E-state index contributed by atoms with van der Waals surface area (Å²) in [5.41, 5.74) is -0.884. The summed E-state index contributed by atoms with van der Waals surface area (Å²) in [6.07, 6.45) is -1.54. The van der Waals surface area contributed by atoms with Crippen LogP contribution in [0.5, 0.6) is 0 Å². The van der Waals surface area contributed by atoms with E-state index in [9.17, 15) is 26.4 Å². The van der Waals surface area contributed by atoms with Crippen molar-refractivity contribution in [3.63, 3.8) is 0 Å². The summed E-state index contributed by atoms with van der Waals surface area (Å²) in [7, 11) is -1.83. The molecule has 1 aromatic rings. The molecular weight excluding hydrogens is 419 g/mol. The van der Waals surface area contributed by atoms with Gasteiger partial charge < -0.3 is 9.80 Å². The molecule has 1 N–H and O–H groups in total. The van der Waals surface area contributed by atoms with Crippen LogP contribution < -0.4 is 4.72 Å². The van der Waals surface area contributed by atoms with Crippen molar-refractivity contribution in [2.45, 2.75) is 36.8 Å². The van der Waals surface area contributed by atoms with Gasteiger partial charge >= 0.3 is 6.18 Å². The van der Waals surface area contributed by atoms with Gasteiger partial charge in [-0.25, -0.2) is 13.1 Å². The molecule has 0 aromatic heterocycles. The number of hydrogen-bond donors (Lipinski definition) is 1. The number of sulfonamides is 1. The first-order valence-corrected chi connectivity index (χ1v) is 11.7. The Morgan fingerprint density at radius 2 is 1.60 bits per heavy atom. The molecule has 0 unspecified atom stereocenters. The van der Waals surface area contributed by atoms with Crippen LogP contribution in [0.2, 0.25) is 0 Å². The molecule has 0 spiro atoms. The second kappa shape index (κ2) is 9.23. The first-order valence-electron chi connectivity index (χ1n) is 10.2. The van der Waals surface area contributed by atoms with Crippen molar-refractivity contribution >= 4 is 15.9 Å². The molecule has 0 bridgehead atoms. The third-order valence-corrected chi connectivity index (χ3v) is 7.50. The summed E-state index contributed by atoms with van der Waals surface area (Å²) in [5, 5.41) is 0. The van der Waals surface area contributed by atoms with Gasteiger partial charge in [-0.05, 0) is 62.9 Å². The maximum Gasteiger partial charge on any atom is 0.416 e. The van der Waals surface area contributed by atoms with Gasteiger partial charge in [0.1, 0.15) is 0 Å². The molecule has 30 heavy (non-hydrogen) atoms. The lowest BCUT2D eigenvalue weighted by molar-refractivity contribution is -0.138. The van der Waals surface area contributed by atoms with E-state index in [0.29, 0.717) is 0 Å². The lowest BCUT2D eigenvalue weighted by Crippen LogP contribution is -2.49. The van der Waals surface area contributed by atoms with Gasteiger partial charge in [-0.1, -0.05) is 0 Å². The Morgan fingerprint density at radius 3 is 2.13 bits per heavy atom. The molecule has 1 aromatic carbocycles. The van der Waals surface area contributed by atoms with E-state index < -0.39 is 21.8 Å². The third-order valence-electron chi connectivity index (χ3n) is 6.06. The third kappa shape index (κ3) is 5.73. The summed E-state index contributed by atoms with van der Waals surface area (Å²) in [6.45, 7) is 3.49. The number of alkyl halides is 3. The average Bonchev–Trinajstić information content (AvgIpc) is 2.72. The molecule has 2 fully saturated rings. The van der Waals surface area contributed by atoms with Crippen molar-refractivity contribution in [3.8, 4) is 0 Å². The van der Waals surface area contributed by atoms with E-state index in [1.165, 1.54) is 0 Å². The average molecular weight is 448 g/mol. The van der Waals surface area contributed by atoms with Crippen LogP contribution in [-0.4, -0.2) is 63.9 Å². The normalized spacial score (nSPS) is 24.1. The maximum absolute atomic E-state index is 12.7. The Morgan fingerprint density at radius 1 is 1.03 bits per heavy atom. The van der Waals surface area contributed by atoms with Gasteiger partial charge in [-0.3, -0.25) is 4.79 Å². The van der Waals surface area contributed by atoms with Crippen molar-refractivity contribution in [1.29, 1.82) is 0 Å². The summed E-state index contributed by atoms with van der Waals surface area (Å²) >= 11 is 0. The molecular formula is C20H28F3N3O3S. The first-order chi connectivity index (χ1) is 14.1. The molecule has 6 nitrogen and oxygen atoms in total. The number of carbonyl (C=O) groups excluding carboxylic acids is 1. The Labute approximate surface area is 175 Å². The molecule has 1 saturated carbocycles. The number of nitrogens with one attached hydrogen (secondary N) is 1. The minimum absolute atomic E-state index is 0.00354. The predicted octanol–water partition coefficient (Wildman–Crippen LogP) is 2.56. The predicted molar refractivity (Wildman–Crippen MR) is 106 cm³/mol. The standard InChI is InChI=1S/C20H28F3N3O3S/c1-25-10-12-26(13-11-25)19(27)16-4-2-15(3-5-16)14-24-30(28,29)18-8-6-17(7-9-18)20(21,22)23/h6-9,15-16,24H,2-5,10-14H2,1H3. The minimum atomic E-state index is -4.50. The highest BCUT2D eigenvalue weighted by Crippen LogP contribution is 2.31. The van der Waals surface area contributed by atoms with Crippen molar-refractivity contribution in [2.75, 3.05) is 39.8 Å². The van der Waals surface area contributed by atoms with Crippen molar-refractivity contribution < 1.29 is 26.4 Å². The maximum atomic E-state index is 12.7. The highest BCUT2D eigenvalue weighted by molar-refractivity contribution is 7.89. The smallest absolute Gasteiger partial charge is 0.340 e. The van der Waals surface area contributed by atoms with Crippen molar-refractivity contribution in [1.82, 2.24) is 14.5 Å². The van der Waals surface area contributed by atoms with Crippen LogP contribution in [0.3, 0.4) is 0 Å². The molecule has 1 amide bonds. The summed E-state index contributed by atoms with van der Waals surface area (Å²) in [5.74, 6) is 0.314. The van der Waals surface area contributed by atoms with Crippen LogP contribution in [0.15, 0.2) is 29.2 Å². The quantitative estimate of drug-likeness (QED) is 0.753. The van der Waals surface area contributed by atoms with Gasteiger partial charge in [-0.2, -0.15) is 13.2 Å². The van der Waals surface area contributed by atoms with Gasteiger partial charge in [0.15, 0.2) is 0 Å². The van der Waals surface area contributed by atoms with E-state index in [1.807, 2.05) is 11.9 Å². The number of rotatable bonds is 5. The van der Waals surface area contributed by atoms with Crippen LogP contribution in [0, 0.1) is 11.8 Å². The van der Waals surface area contributed by atoms with E-state index >= 15 is 0 Å². The number of halogens is 3. The lowest BCUT2D eigenvalue weighted by Gasteiger charge is -2.36. The van der Waals surface area contributed by atoms with Crippen LogP contribution >= 0.6 is 0 Å². The molecule has 10 heteroatoms. The zero-order chi connectivity index (χ0) is 21.9. The fraction of sp³-hybridized carbons (Fsp3) is 0.650. The van der Waals surface area contributed by atoms with E-state index in [-0.39, 0.29) is 29.2 Å². The number of likely N-dealkylation sites (N-methyl/N-ethyl adjacent to an activating group) is 1. The largest absolute Gasteiger partial charge is 0.416 e. The van der Waals surface area contributed by atoms with Crippen LogP contribution in [0.4, 0.5) is 13.2 Å².